The van der Waals surface area contributed by atoms with E-state index < -0.39 is 11.7 Å². The van der Waals surface area contributed by atoms with Crippen LogP contribution in [0.25, 0.3) is 0 Å². The number of halogens is 4. The zero-order valence-corrected chi connectivity index (χ0v) is 18.3. The molecule has 0 saturated carbocycles. The largest absolute Gasteiger partial charge is 0.417 e. The molecule has 2 N–H and O–H groups in total. The van der Waals surface area contributed by atoms with E-state index in [0.29, 0.717) is 22.7 Å². The number of nitrogens with one attached hydrogen (secondary N) is 2. The Morgan fingerprint density at radius 3 is 2.48 bits per heavy atom. The van der Waals surface area contributed by atoms with Gasteiger partial charge < -0.3 is 10.0 Å². The SMILES string of the molecule is CC(=O)Nc1ccc(Cc2ncc(C)cc2NSc2ccc(Cl)c(C(F)(F)F)c2)cc1. The number of anilines is 2. The second-order valence-electron chi connectivity index (χ2n) is 6.91. The predicted molar refractivity (Wildman–Crippen MR) is 118 cm³/mol. The maximum absolute atomic E-state index is 13.1. The summed E-state index contributed by atoms with van der Waals surface area (Å²) in [4.78, 5) is 16.0. The highest BCUT2D eigenvalue weighted by molar-refractivity contribution is 8.00. The Morgan fingerprint density at radius 2 is 1.84 bits per heavy atom. The molecule has 0 aliphatic rings. The van der Waals surface area contributed by atoms with Crippen LogP contribution in [-0.2, 0) is 17.4 Å². The standard InChI is InChI=1S/C22H19ClF3N3OS/c1-13-9-21(29-31-17-7-8-19(23)18(11-17)22(24,25)26)20(27-12-13)10-15-3-5-16(6-4-15)28-14(2)30/h3-9,11-12,29H,10H2,1-2H3,(H,28,30). The molecule has 0 spiro atoms. The zero-order chi connectivity index (χ0) is 22.6. The number of benzene rings is 2. The number of hydrogen-bond acceptors (Lipinski definition) is 4. The summed E-state index contributed by atoms with van der Waals surface area (Å²) in [6, 6.07) is 13.1. The molecule has 2 aromatic carbocycles. The monoisotopic (exact) mass is 465 g/mol. The van der Waals surface area contributed by atoms with E-state index in [2.05, 4.69) is 15.0 Å². The molecule has 1 heterocycles. The van der Waals surface area contributed by atoms with Gasteiger partial charge in [-0.05, 0) is 66.4 Å². The first-order valence-corrected chi connectivity index (χ1v) is 10.4. The van der Waals surface area contributed by atoms with Crippen LogP contribution in [0.2, 0.25) is 5.02 Å². The van der Waals surface area contributed by atoms with Crippen molar-refractivity contribution in [2.24, 2.45) is 0 Å². The quantitative estimate of drug-likeness (QED) is 0.396. The van der Waals surface area contributed by atoms with Crippen molar-refractivity contribution in [2.45, 2.75) is 31.3 Å². The Kier molecular flexibility index (Phi) is 7.12. The van der Waals surface area contributed by atoms with Crippen molar-refractivity contribution < 1.29 is 18.0 Å². The number of pyridine rings is 1. The fourth-order valence-electron chi connectivity index (χ4n) is 2.83. The van der Waals surface area contributed by atoms with E-state index >= 15 is 0 Å². The van der Waals surface area contributed by atoms with Gasteiger partial charge in [-0.2, -0.15) is 13.2 Å². The van der Waals surface area contributed by atoms with Crippen molar-refractivity contribution in [3.8, 4) is 0 Å². The number of carbonyl (C=O) groups is 1. The Balaban J connectivity index is 1.77. The van der Waals surface area contributed by atoms with Gasteiger partial charge in [0, 0.05) is 30.1 Å². The van der Waals surface area contributed by atoms with Crippen molar-refractivity contribution in [3.05, 3.63) is 82.1 Å². The summed E-state index contributed by atoms with van der Waals surface area (Å²) >= 11 is 6.75. The van der Waals surface area contributed by atoms with Gasteiger partial charge in [0.15, 0.2) is 0 Å². The third-order valence-electron chi connectivity index (χ3n) is 4.27. The summed E-state index contributed by atoms with van der Waals surface area (Å²) in [5.74, 6) is -0.146. The van der Waals surface area contributed by atoms with Gasteiger partial charge in [-0.15, -0.1) is 0 Å². The summed E-state index contributed by atoms with van der Waals surface area (Å²) in [5.41, 5.74) is 3.17. The van der Waals surface area contributed by atoms with Crippen molar-refractivity contribution in [1.82, 2.24) is 4.98 Å². The molecular formula is C22H19ClF3N3OS. The van der Waals surface area contributed by atoms with Crippen molar-refractivity contribution in [2.75, 3.05) is 10.0 Å². The van der Waals surface area contributed by atoms with Crippen molar-refractivity contribution in [1.29, 1.82) is 0 Å². The molecule has 0 bridgehead atoms. The van der Waals surface area contributed by atoms with Gasteiger partial charge in [0.05, 0.1) is 22.0 Å². The van der Waals surface area contributed by atoms with E-state index in [0.717, 1.165) is 34.8 Å². The van der Waals surface area contributed by atoms with Crippen LogP contribution in [0.5, 0.6) is 0 Å². The molecule has 0 saturated heterocycles. The second-order valence-corrected chi connectivity index (χ2v) is 8.19. The number of nitrogens with zero attached hydrogens (tertiary/aromatic N) is 1. The maximum Gasteiger partial charge on any atom is 0.417 e. The molecule has 0 aliphatic heterocycles. The third-order valence-corrected chi connectivity index (χ3v) is 5.42. The van der Waals surface area contributed by atoms with Crippen molar-refractivity contribution >= 4 is 40.8 Å². The number of carbonyl (C=O) groups excluding carboxylic acids is 1. The first-order valence-electron chi connectivity index (χ1n) is 9.23. The Bertz CT molecular complexity index is 1090. The van der Waals surface area contributed by atoms with E-state index in [1.807, 2.05) is 25.1 Å². The molecule has 9 heteroatoms. The molecule has 0 fully saturated rings. The molecular weight excluding hydrogens is 447 g/mol. The average Bonchev–Trinajstić information content (AvgIpc) is 2.69. The topological polar surface area (TPSA) is 54.0 Å². The van der Waals surface area contributed by atoms with Crippen LogP contribution in [0, 0.1) is 6.92 Å². The van der Waals surface area contributed by atoms with E-state index in [-0.39, 0.29) is 10.9 Å². The molecule has 0 unspecified atom stereocenters. The van der Waals surface area contributed by atoms with Gasteiger partial charge in [0.25, 0.3) is 0 Å². The first kappa shape index (κ1) is 23.0. The van der Waals surface area contributed by atoms with E-state index in [4.69, 9.17) is 11.6 Å². The Hall–Kier alpha value is -2.71. The minimum Gasteiger partial charge on any atom is -0.326 e. The lowest BCUT2D eigenvalue weighted by Crippen LogP contribution is -2.06. The Morgan fingerprint density at radius 1 is 1.13 bits per heavy atom. The number of alkyl halides is 3. The highest BCUT2D eigenvalue weighted by Gasteiger charge is 2.33. The van der Waals surface area contributed by atoms with E-state index in [1.54, 1.807) is 18.3 Å². The summed E-state index contributed by atoms with van der Waals surface area (Å²) < 4.78 is 42.4. The lowest BCUT2D eigenvalue weighted by atomic mass is 10.1. The molecule has 0 radical (unpaired) electrons. The lowest BCUT2D eigenvalue weighted by molar-refractivity contribution is -0.137. The smallest absolute Gasteiger partial charge is 0.326 e. The van der Waals surface area contributed by atoms with Crippen LogP contribution >= 0.6 is 23.5 Å². The van der Waals surface area contributed by atoms with Gasteiger partial charge >= 0.3 is 6.18 Å². The van der Waals surface area contributed by atoms with Crippen LogP contribution < -0.4 is 10.0 Å². The van der Waals surface area contributed by atoms with Crippen LogP contribution in [0.1, 0.15) is 29.3 Å². The van der Waals surface area contributed by atoms with Gasteiger partial charge in [-0.1, -0.05) is 23.7 Å². The Labute approximate surface area is 187 Å². The lowest BCUT2D eigenvalue weighted by Gasteiger charge is -2.14. The third kappa shape index (κ3) is 6.38. The molecule has 3 rings (SSSR count). The van der Waals surface area contributed by atoms with Crippen LogP contribution in [0.3, 0.4) is 0 Å². The number of aromatic nitrogens is 1. The molecule has 162 valence electrons. The summed E-state index contributed by atoms with van der Waals surface area (Å²) in [7, 11) is 0. The molecule has 1 aromatic heterocycles. The van der Waals surface area contributed by atoms with Crippen molar-refractivity contribution in [3.63, 3.8) is 0 Å². The van der Waals surface area contributed by atoms with Crippen LogP contribution in [0.15, 0.2) is 59.6 Å². The van der Waals surface area contributed by atoms with Crippen LogP contribution in [0.4, 0.5) is 24.5 Å². The predicted octanol–water partition coefficient (Wildman–Crippen LogP) is 6.73. The summed E-state index contributed by atoms with van der Waals surface area (Å²) in [5, 5.41) is 2.38. The molecule has 4 nitrogen and oxygen atoms in total. The summed E-state index contributed by atoms with van der Waals surface area (Å²) in [6.07, 6.45) is -2.27. The zero-order valence-electron chi connectivity index (χ0n) is 16.7. The highest BCUT2D eigenvalue weighted by atomic mass is 35.5. The number of amides is 1. The molecule has 3 aromatic rings. The maximum atomic E-state index is 13.1. The molecule has 0 aliphatic carbocycles. The first-order chi connectivity index (χ1) is 14.6. The molecule has 0 atom stereocenters. The minimum atomic E-state index is -4.52. The minimum absolute atomic E-state index is 0.146. The second kappa shape index (κ2) is 9.62. The number of aryl methyl sites for hydroxylation is 1. The summed E-state index contributed by atoms with van der Waals surface area (Å²) in [6.45, 7) is 3.33. The van der Waals surface area contributed by atoms with Gasteiger partial charge in [-0.3, -0.25) is 9.78 Å². The van der Waals surface area contributed by atoms with Gasteiger partial charge in [0.2, 0.25) is 5.91 Å². The number of rotatable bonds is 6. The van der Waals surface area contributed by atoms with Gasteiger partial charge in [-0.25, -0.2) is 0 Å². The fraction of sp³-hybridized carbons (Fsp3) is 0.182. The normalized spacial score (nSPS) is 11.3. The average molecular weight is 466 g/mol. The van der Waals surface area contributed by atoms with Gasteiger partial charge in [0.1, 0.15) is 0 Å². The molecule has 31 heavy (non-hydrogen) atoms. The van der Waals surface area contributed by atoms with Crippen LogP contribution in [-0.4, -0.2) is 10.9 Å². The number of hydrogen-bond donors (Lipinski definition) is 2. The van der Waals surface area contributed by atoms with E-state index in [9.17, 15) is 18.0 Å². The van der Waals surface area contributed by atoms with E-state index in [1.165, 1.54) is 19.1 Å². The highest BCUT2D eigenvalue weighted by Crippen LogP contribution is 2.37. The fourth-order valence-corrected chi connectivity index (χ4v) is 3.77. The molecule has 1 amide bonds.